The second-order valence-electron chi connectivity index (χ2n) is 7.63. The van der Waals surface area contributed by atoms with Crippen LogP contribution in [0.25, 0.3) is 16.6 Å². The fourth-order valence-electron chi connectivity index (χ4n) is 3.80. The Morgan fingerprint density at radius 1 is 1.20 bits per heavy atom. The summed E-state index contributed by atoms with van der Waals surface area (Å²) in [6.45, 7) is 3.79. The summed E-state index contributed by atoms with van der Waals surface area (Å²) in [6.07, 6.45) is 2.21. The van der Waals surface area contributed by atoms with Crippen molar-refractivity contribution in [3.8, 4) is 11.4 Å². The molecule has 0 aliphatic carbocycles. The number of aromatic nitrogens is 2. The highest BCUT2D eigenvalue weighted by atomic mass is 32.2. The smallest absolute Gasteiger partial charge is 0.266 e. The van der Waals surface area contributed by atoms with E-state index in [0.29, 0.717) is 33.4 Å². The van der Waals surface area contributed by atoms with Crippen molar-refractivity contribution in [3.05, 3.63) is 58.9 Å². The zero-order chi connectivity index (χ0) is 21.1. The molecule has 0 radical (unpaired) electrons. The molecule has 0 saturated carbocycles. The minimum Gasteiger partial charge on any atom is -0.497 e. The number of fused-ring (bicyclic) bond motifs is 1. The number of hydrogen-bond acceptors (Lipinski definition) is 5. The average Bonchev–Trinajstić information content (AvgIpc) is 2.78. The lowest BCUT2D eigenvalue weighted by Crippen LogP contribution is -2.40. The number of ether oxygens (including phenoxy) is 1. The number of piperidine rings is 1. The number of amides is 1. The highest BCUT2D eigenvalue weighted by Gasteiger charge is 2.22. The minimum absolute atomic E-state index is 0.0928. The van der Waals surface area contributed by atoms with Crippen molar-refractivity contribution in [3.63, 3.8) is 0 Å². The first kappa shape index (κ1) is 20.5. The van der Waals surface area contributed by atoms with E-state index in [1.54, 1.807) is 17.7 Å². The first-order valence-electron chi connectivity index (χ1n) is 10.1. The molecule has 7 heteroatoms. The van der Waals surface area contributed by atoms with Gasteiger partial charge in [-0.05, 0) is 55.2 Å². The molecule has 6 nitrogen and oxygen atoms in total. The van der Waals surface area contributed by atoms with Crippen molar-refractivity contribution >= 4 is 28.6 Å². The Hall–Kier alpha value is -2.80. The molecule has 156 valence electrons. The van der Waals surface area contributed by atoms with Gasteiger partial charge in [-0.15, -0.1) is 0 Å². The minimum atomic E-state index is -0.146. The van der Waals surface area contributed by atoms with Gasteiger partial charge in [0.05, 0.1) is 29.5 Å². The number of para-hydroxylation sites is 1. The Labute approximate surface area is 179 Å². The Balaban J connectivity index is 1.68. The van der Waals surface area contributed by atoms with Gasteiger partial charge in [-0.1, -0.05) is 30.8 Å². The summed E-state index contributed by atoms with van der Waals surface area (Å²) in [5.74, 6) is 1.59. The predicted octanol–water partition coefficient (Wildman–Crippen LogP) is 3.74. The molecule has 1 amide bonds. The molecule has 0 spiro atoms. The van der Waals surface area contributed by atoms with Gasteiger partial charge in [0, 0.05) is 13.1 Å². The maximum absolute atomic E-state index is 13.3. The van der Waals surface area contributed by atoms with Gasteiger partial charge in [0.1, 0.15) is 5.75 Å². The largest absolute Gasteiger partial charge is 0.497 e. The number of hydrogen-bond donors (Lipinski definition) is 0. The van der Waals surface area contributed by atoms with E-state index in [2.05, 4.69) is 6.92 Å². The van der Waals surface area contributed by atoms with Crippen molar-refractivity contribution in [1.29, 1.82) is 0 Å². The van der Waals surface area contributed by atoms with Crippen molar-refractivity contribution in [2.75, 3.05) is 26.0 Å². The van der Waals surface area contributed by atoms with Gasteiger partial charge in [-0.2, -0.15) is 0 Å². The number of carbonyl (C=O) groups excluding carboxylic acids is 1. The third kappa shape index (κ3) is 4.21. The highest BCUT2D eigenvalue weighted by molar-refractivity contribution is 7.99. The average molecular weight is 424 g/mol. The summed E-state index contributed by atoms with van der Waals surface area (Å²) in [7, 11) is 1.60. The molecule has 30 heavy (non-hydrogen) atoms. The molecule has 0 N–H and O–H groups in total. The van der Waals surface area contributed by atoms with Gasteiger partial charge in [0.2, 0.25) is 5.91 Å². The molecular formula is C23H25N3O3S. The van der Waals surface area contributed by atoms with Crippen LogP contribution in [-0.2, 0) is 4.79 Å². The molecule has 0 bridgehead atoms. The third-order valence-corrected chi connectivity index (χ3v) is 6.33. The molecule has 1 saturated heterocycles. The quantitative estimate of drug-likeness (QED) is 0.462. The van der Waals surface area contributed by atoms with Crippen molar-refractivity contribution in [2.45, 2.75) is 24.9 Å². The predicted molar refractivity (Wildman–Crippen MR) is 120 cm³/mol. The van der Waals surface area contributed by atoms with Crippen molar-refractivity contribution in [2.24, 2.45) is 5.92 Å². The lowest BCUT2D eigenvalue weighted by atomic mass is 10.0. The molecule has 1 aliphatic rings. The second kappa shape index (κ2) is 8.92. The maximum Gasteiger partial charge on any atom is 0.266 e. The van der Waals surface area contributed by atoms with Crippen LogP contribution < -0.4 is 10.3 Å². The number of rotatable bonds is 5. The summed E-state index contributed by atoms with van der Waals surface area (Å²) >= 11 is 1.31. The van der Waals surface area contributed by atoms with E-state index >= 15 is 0 Å². The standard InChI is InChI=1S/C23H25N3O3S/c1-16-6-5-13-25(14-16)21(27)15-30-23-24-20-8-4-3-7-19(20)22(28)26(23)17-9-11-18(29-2)12-10-17/h3-4,7-12,16H,5-6,13-15H2,1-2H3/t16-/m0/s1. The molecule has 4 rings (SSSR count). The van der Waals surface area contributed by atoms with E-state index in [1.165, 1.54) is 18.2 Å². The van der Waals surface area contributed by atoms with Crippen LogP contribution in [0, 0.1) is 5.92 Å². The molecule has 1 atom stereocenters. The lowest BCUT2D eigenvalue weighted by molar-refractivity contribution is -0.130. The summed E-state index contributed by atoms with van der Waals surface area (Å²) in [5, 5.41) is 1.07. The first-order chi connectivity index (χ1) is 14.6. The van der Waals surface area contributed by atoms with Gasteiger partial charge in [0.25, 0.3) is 5.56 Å². The lowest BCUT2D eigenvalue weighted by Gasteiger charge is -2.30. The normalized spacial score (nSPS) is 16.6. The van der Waals surface area contributed by atoms with Gasteiger partial charge < -0.3 is 9.64 Å². The van der Waals surface area contributed by atoms with Crippen molar-refractivity contribution < 1.29 is 9.53 Å². The fraction of sp³-hybridized carbons (Fsp3) is 0.348. The van der Waals surface area contributed by atoms with Crippen LogP contribution in [0.1, 0.15) is 19.8 Å². The van der Waals surface area contributed by atoms with Crippen LogP contribution in [0.4, 0.5) is 0 Å². The van der Waals surface area contributed by atoms with Crippen LogP contribution in [0.5, 0.6) is 5.75 Å². The molecule has 1 aromatic heterocycles. The number of nitrogens with zero attached hydrogens (tertiary/aromatic N) is 3. The van der Waals surface area contributed by atoms with Gasteiger partial charge in [-0.25, -0.2) is 4.98 Å². The van der Waals surface area contributed by atoms with E-state index in [0.717, 1.165) is 19.5 Å². The van der Waals surface area contributed by atoms with Gasteiger partial charge in [0.15, 0.2) is 5.16 Å². The topological polar surface area (TPSA) is 64.4 Å². The number of thioether (sulfide) groups is 1. The monoisotopic (exact) mass is 423 g/mol. The fourth-order valence-corrected chi connectivity index (χ4v) is 4.72. The van der Waals surface area contributed by atoms with Crippen LogP contribution in [-0.4, -0.2) is 46.3 Å². The van der Waals surface area contributed by atoms with Crippen LogP contribution in [0.3, 0.4) is 0 Å². The molecule has 2 heterocycles. The third-order valence-electron chi connectivity index (χ3n) is 5.41. The van der Waals surface area contributed by atoms with E-state index in [9.17, 15) is 9.59 Å². The summed E-state index contributed by atoms with van der Waals surface area (Å²) in [4.78, 5) is 32.7. The zero-order valence-electron chi connectivity index (χ0n) is 17.2. The summed E-state index contributed by atoms with van der Waals surface area (Å²) in [6, 6.07) is 14.6. The van der Waals surface area contributed by atoms with Gasteiger partial charge >= 0.3 is 0 Å². The number of benzene rings is 2. The van der Waals surface area contributed by atoms with E-state index in [4.69, 9.17) is 9.72 Å². The van der Waals surface area contributed by atoms with Crippen molar-refractivity contribution in [1.82, 2.24) is 14.5 Å². The Morgan fingerprint density at radius 2 is 1.97 bits per heavy atom. The highest BCUT2D eigenvalue weighted by Crippen LogP contribution is 2.24. The van der Waals surface area contributed by atoms with Crippen LogP contribution >= 0.6 is 11.8 Å². The van der Waals surface area contributed by atoms with Crippen LogP contribution in [0.2, 0.25) is 0 Å². The van der Waals surface area contributed by atoms with E-state index in [-0.39, 0.29) is 17.2 Å². The number of carbonyl (C=O) groups is 1. The second-order valence-corrected chi connectivity index (χ2v) is 8.57. The molecule has 1 aliphatic heterocycles. The summed E-state index contributed by atoms with van der Waals surface area (Å²) in [5.41, 5.74) is 1.18. The zero-order valence-corrected chi connectivity index (χ0v) is 18.0. The van der Waals surface area contributed by atoms with E-state index < -0.39 is 0 Å². The number of likely N-dealkylation sites (tertiary alicyclic amines) is 1. The van der Waals surface area contributed by atoms with E-state index in [1.807, 2.05) is 47.4 Å². The Kier molecular flexibility index (Phi) is 6.08. The van der Waals surface area contributed by atoms with Crippen LogP contribution in [0.15, 0.2) is 58.5 Å². The Morgan fingerprint density at radius 3 is 2.70 bits per heavy atom. The molecule has 3 aromatic rings. The first-order valence-corrected chi connectivity index (χ1v) is 11.1. The Bertz CT molecular complexity index is 1110. The SMILES string of the molecule is COc1ccc(-n2c(SCC(=O)N3CCC[C@H](C)C3)nc3ccccc3c2=O)cc1. The molecule has 2 aromatic carbocycles. The maximum atomic E-state index is 13.3. The molecular weight excluding hydrogens is 398 g/mol. The van der Waals surface area contributed by atoms with Gasteiger partial charge in [-0.3, -0.25) is 14.2 Å². The number of methoxy groups -OCH3 is 1. The molecule has 0 unspecified atom stereocenters. The molecule has 1 fully saturated rings. The summed E-state index contributed by atoms with van der Waals surface area (Å²) < 4.78 is 6.81.